The molecule has 1 saturated carbocycles. The number of aromatic nitrogens is 2. The van der Waals surface area contributed by atoms with Crippen LogP contribution in [0.25, 0.3) is 0 Å². The van der Waals surface area contributed by atoms with Crippen LogP contribution in [-0.4, -0.2) is 34.3 Å². The Morgan fingerprint density at radius 3 is 2.70 bits per heavy atom. The van der Waals surface area contributed by atoms with Crippen LogP contribution in [-0.2, 0) is 16.1 Å². The van der Waals surface area contributed by atoms with Gasteiger partial charge in [0, 0.05) is 11.1 Å². The first-order valence-corrected chi connectivity index (χ1v) is 10.9. The summed E-state index contributed by atoms with van der Waals surface area (Å²) in [6, 6.07) is 7.67. The second kappa shape index (κ2) is 9.65. The molecule has 0 aliphatic heterocycles. The maximum absolute atomic E-state index is 12.7. The molecule has 1 aliphatic rings. The molecule has 1 aliphatic carbocycles. The van der Waals surface area contributed by atoms with E-state index in [4.69, 9.17) is 16.3 Å². The fraction of sp³-hybridized carbons (Fsp3) is 0.522. The number of ether oxygens (including phenoxy) is 1. The van der Waals surface area contributed by atoms with Crippen molar-refractivity contribution in [3.63, 3.8) is 0 Å². The van der Waals surface area contributed by atoms with E-state index in [0.717, 1.165) is 18.4 Å². The summed E-state index contributed by atoms with van der Waals surface area (Å²) in [5.41, 5.74) is 2.57. The average molecular weight is 432 g/mol. The van der Waals surface area contributed by atoms with Gasteiger partial charge >= 0.3 is 5.97 Å². The number of hydrogen-bond acceptors (Lipinski definition) is 4. The number of aryl methyl sites for hydroxylation is 1. The SMILES string of the molecule is Cc1nn(Cc2ccccc2Cl)c(C)c1C(=O)OCC(=O)N[C@@H]1CCC[C@H](C)[C@H]1C. The summed E-state index contributed by atoms with van der Waals surface area (Å²) in [4.78, 5) is 25.0. The standard InChI is InChI=1S/C23H30ClN3O3/c1-14-8-7-11-20(15(14)2)25-21(28)13-30-23(29)22-16(3)26-27(17(22)4)12-18-9-5-6-10-19(18)24/h5-6,9-10,14-15,20H,7-8,11-13H2,1-4H3,(H,25,28)/t14-,15+,20+/m0/s1. The lowest BCUT2D eigenvalue weighted by molar-refractivity contribution is -0.125. The topological polar surface area (TPSA) is 73.2 Å². The molecule has 162 valence electrons. The second-order valence-electron chi connectivity index (χ2n) is 8.31. The van der Waals surface area contributed by atoms with Crippen molar-refractivity contribution in [2.24, 2.45) is 11.8 Å². The molecule has 6 nitrogen and oxygen atoms in total. The van der Waals surface area contributed by atoms with Crippen LogP contribution in [0.3, 0.4) is 0 Å². The third-order valence-electron chi connectivity index (χ3n) is 6.25. The summed E-state index contributed by atoms with van der Waals surface area (Å²) in [5, 5.41) is 8.14. The minimum absolute atomic E-state index is 0.141. The molecule has 2 aromatic rings. The fourth-order valence-corrected chi connectivity index (χ4v) is 4.37. The van der Waals surface area contributed by atoms with Crippen molar-refractivity contribution in [2.75, 3.05) is 6.61 Å². The van der Waals surface area contributed by atoms with Gasteiger partial charge in [0.05, 0.1) is 17.9 Å². The Morgan fingerprint density at radius 2 is 1.97 bits per heavy atom. The van der Waals surface area contributed by atoms with Crippen LogP contribution in [0.1, 0.15) is 60.4 Å². The molecule has 7 heteroatoms. The average Bonchev–Trinajstić information content (AvgIpc) is 2.98. The van der Waals surface area contributed by atoms with E-state index >= 15 is 0 Å². The number of esters is 1. The van der Waals surface area contributed by atoms with Gasteiger partial charge in [-0.05, 0) is 43.7 Å². The number of rotatable bonds is 6. The van der Waals surface area contributed by atoms with E-state index in [9.17, 15) is 9.59 Å². The van der Waals surface area contributed by atoms with Gasteiger partial charge < -0.3 is 10.1 Å². The van der Waals surface area contributed by atoms with Gasteiger partial charge in [-0.1, -0.05) is 56.5 Å². The number of carbonyl (C=O) groups excluding carboxylic acids is 2. The first-order valence-electron chi connectivity index (χ1n) is 10.5. The summed E-state index contributed by atoms with van der Waals surface area (Å²) in [7, 11) is 0. The quantitative estimate of drug-likeness (QED) is 0.692. The van der Waals surface area contributed by atoms with Gasteiger partial charge in [-0.3, -0.25) is 9.48 Å². The lowest BCUT2D eigenvalue weighted by atomic mass is 9.78. The van der Waals surface area contributed by atoms with E-state index < -0.39 is 5.97 Å². The van der Waals surface area contributed by atoms with Crippen molar-refractivity contribution in [3.8, 4) is 0 Å². The Balaban J connectivity index is 1.61. The molecule has 30 heavy (non-hydrogen) atoms. The Bertz CT molecular complexity index is 924. The molecular weight excluding hydrogens is 402 g/mol. The number of hydrogen-bond donors (Lipinski definition) is 1. The molecule has 1 aromatic heterocycles. The molecule has 0 bridgehead atoms. The van der Waals surface area contributed by atoms with Crippen LogP contribution in [0.5, 0.6) is 0 Å². The number of carbonyl (C=O) groups is 2. The fourth-order valence-electron chi connectivity index (χ4n) is 4.17. The highest BCUT2D eigenvalue weighted by atomic mass is 35.5. The molecule has 3 atom stereocenters. The molecule has 0 spiro atoms. The lowest BCUT2D eigenvalue weighted by Gasteiger charge is -2.34. The van der Waals surface area contributed by atoms with Crippen molar-refractivity contribution in [1.82, 2.24) is 15.1 Å². The van der Waals surface area contributed by atoms with Crippen LogP contribution < -0.4 is 5.32 Å². The molecule has 3 rings (SSSR count). The molecule has 0 unspecified atom stereocenters. The third kappa shape index (κ3) is 5.04. The van der Waals surface area contributed by atoms with Crippen LogP contribution in [0, 0.1) is 25.7 Å². The van der Waals surface area contributed by atoms with Gasteiger partial charge in [-0.25, -0.2) is 4.79 Å². The first kappa shape index (κ1) is 22.3. The summed E-state index contributed by atoms with van der Waals surface area (Å²) >= 11 is 6.24. The minimum Gasteiger partial charge on any atom is -0.452 e. The van der Waals surface area contributed by atoms with Gasteiger partial charge in [0.2, 0.25) is 0 Å². The van der Waals surface area contributed by atoms with E-state index in [0.29, 0.717) is 40.4 Å². The van der Waals surface area contributed by atoms with E-state index in [1.807, 2.05) is 31.2 Å². The Kier molecular flexibility index (Phi) is 7.19. The normalized spacial score (nSPS) is 21.3. The number of benzene rings is 1. The van der Waals surface area contributed by atoms with E-state index in [1.165, 1.54) is 6.42 Å². The highest BCUT2D eigenvalue weighted by Crippen LogP contribution is 2.29. The minimum atomic E-state index is -0.532. The molecule has 0 saturated heterocycles. The maximum Gasteiger partial charge on any atom is 0.342 e. The van der Waals surface area contributed by atoms with Crippen molar-refractivity contribution in [3.05, 3.63) is 51.8 Å². The van der Waals surface area contributed by atoms with Crippen LogP contribution in [0.2, 0.25) is 5.02 Å². The number of amides is 1. The van der Waals surface area contributed by atoms with E-state index in [1.54, 1.807) is 11.6 Å². The third-order valence-corrected chi connectivity index (χ3v) is 6.62. The van der Waals surface area contributed by atoms with Crippen LogP contribution in [0.15, 0.2) is 24.3 Å². The first-order chi connectivity index (χ1) is 14.3. The summed E-state index contributed by atoms with van der Waals surface area (Å²) in [6.45, 7) is 8.13. The van der Waals surface area contributed by atoms with Crippen LogP contribution >= 0.6 is 11.6 Å². The Labute approximate surface area is 182 Å². The van der Waals surface area contributed by atoms with Crippen molar-refractivity contribution in [1.29, 1.82) is 0 Å². The number of halogens is 1. The largest absolute Gasteiger partial charge is 0.452 e. The van der Waals surface area contributed by atoms with Crippen molar-refractivity contribution >= 4 is 23.5 Å². The second-order valence-corrected chi connectivity index (χ2v) is 8.72. The molecule has 1 fully saturated rings. The smallest absolute Gasteiger partial charge is 0.342 e. The lowest BCUT2D eigenvalue weighted by Crippen LogP contribution is -2.45. The van der Waals surface area contributed by atoms with Gasteiger partial charge in [0.1, 0.15) is 5.56 Å². The molecule has 1 N–H and O–H groups in total. The Hall–Kier alpha value is -2.34. The van der Waals surface area contributed by atoms with Crippen molar-refractivity contribution < 1.29 is 14.3 Å². The van der Waals surface area contributed by atoms with Gasteiger partial charge in [-0.2, -0.15) is 5.10 Å². The van der Waals surface area contributed by atoms with E-state index in [2.05, 4.69) is 24.3 Å². The van der Waals surface area contributed by atoms with Gasteiger partial charge in [0.15, 0.2) is 6.61 Å². The summed E-state index contributed by atoms with van der Waals surface area (Å²) < 4.78 is 7.05. The highest BCUT2D eigenvalue weighted by Gasteiger charge is 2.28. The molecule has 0 radical (unpaired) electrons. The van der Waals surface area contributed by atoms with Gasteiger partial charge in [0.25, 0.3) is 5.91 Å². The predicted molar refractivity (Wildman–Crippen MR) is 117 cm³/mol. The zero-order valence-electron chi connectivity index (χ0n) is 18.1. The predicted octanol–water partition coefficient (Wildman–Crippen LogP) is 4.30. The monoisotopic (exact) mass is 431 g/mol. The van der Waals surface area contributed by atoms with Crippen LogP contribution in [0.4, 0.5) is 0 Å². The molecule has 1 heterocycles. The summed E-state index contributed by atoms with van der Waals surface area (Å²) in [5.74, 6) is 0.218. The molecule has 1 amide bonds. The zero-order chi connectivity index (χ0) is 21.8. The zero-order valence-corrected chi connectivity index (χ0v) is 18.8. The molecular formula is C23H30ClN3O3. The van der Waals surface area contributed by atoms with Crippen molar-refractivity contribution in [2.45, 2.75) is 59.5 Å². The maximum atomic E-state index is 12.7. The number of nitrogens with one attached hydrogen (secondary N) is 1. The van der Waals surface area contributed by atoms with E-state index in [-0.39, 0.29) is 18.6 Å². The highest BCUT2D eigenvalue weighted by molar-refractivity contribution is 6.31. The Morgan fingerprint density at radius 1 is 1.23 bits per heavy atom. The summed E-state index contributed by atoms with van der Waals surface area (Å²) in [6.07, 6.45) is 3.27. The van der Waals surface area contributed by atoms with Gasteiger partial charge in [-0.15, -0.1) is 0 Å². The number of nitrogens with zero attached hydrogens (tertiary/aromatic N) is 2. The molecule has 1 aromatic carbocycles.